The number of aromatic nitrogens is 3. The summed E-state index contributed by atoms with van der Waals surface area (Å²) in [6.07, 6.45) is 3.45. The monoisotopic (exact) mass is 340 g/mol. The molecule has 1 fully saturated rings. The predicted octanol–water partition coefficient (Wildman–Crippen LogP) is 3.28. The van der Waals surface area contributed by atoms with Crippen molar-refractivity contribution in [3.63, 3.8) is 0 Å². The highest BCUT2D eigenvalue weighted by Gasteiger charge is 2.41. The second-order valence-corrected chi connectivity index (χ2v) is 6.14. The van der Waals surface area contributed by atoms with Crippen molar-refractivity contribution in [1.29, 1.82) is 0 Å². The van der Waals surface area contributed by atoms with Crippen LogP contribution in [0.3, 0.4) is 0 Å². The van der Waals surface area contributed by atoms with E-state index in [1.165, 1.54) is 6.07 Å². The predicted molar refractivity (Wildman–Crippen MR) is 80.9 cm³/mol. The summed E-state index contributed by atoms with van der Waals surface area (Å²) < 4.78 is 5.06. The number of rotatable bonds is 3. The summed E-state index contributed by atoms with van der Waals surface area (Å²) in [4.78, 5) is 20.8. The zero-order valence-corrected chi connectivity index (χ0v) is 13.4. The van der Waals surface area contributed by atoms with E-state index in [0.29, 0.717) is 11.7 Å². The van der Waals surface area contributed by atoms with Crippen molar-refractivity contribution in [3.8, 4) is 0 Å². The van der Waals surface area contributed by atoms with Crippen molar-refractivity contribution in [2.45, 2.75) is 38.1 Å². The highest BCUT2D eigenvalue weighted by atomic mass is 35.5. The molecule has 2 aromatic heterocycles. The van der Waals surface area contributed by atoms with E-state index in [-0.39, 0.29) is 15.9 Å². The third-order valence-corrected chi connectivity index (χ3v) is 4.31. The zero-order chi connectivity index (χ0) is 15.7. The first-order valence-corrected chi connectivity index (χ1v) is 7.71. The maximum Gasteiger partial charge on any atom is 0.272 e. The van der Waals surface area contributed by atoms with Crippen molar-refractivity contribution in [2.75, 3.05) is 0 Å². The normalized spacial score (nSPS) is 16.7. The van der Waals surface area contributed by atoms with Crippen molar-refractivity contribution < 1.29 is 9.32 Å². The first kappa shape index (κ1) is 15.2. The van der Waals surface area contributed by atoms with Gasteiger partial charge < -0.3 is 9.84 Å². The molecule has 0 unspecified atom stereocenters. The van der Waals surface area contributed by atoms with Gasteiger partial charge in [0, 0.05) is 6.92 Å². The molecule has 1 N–H and O–H groups in total. The number of hydrogen-bond donors (Lipinski definition) is 1. The highest BCUT2D eigenvalue weighted by molar-refractivity contribution is 6.34. The van der Waals surface area contributed by atoms with Gasteiger partial charge in [-0.1, -0.05) is 41.2 Å². The van der Waals surface area contributed by atoms with E-state index in [1.807, 2.05) is 0 Å². The van der Waals surface area contributed by atoms with Gasteiger partial charge in [0.15, 0.2) is 5.82 Å². The highest BCUT2D eigenvalue weighted by Crippen LogP contribution is 2.37. The van der Waals surface area contributed by atoms with E-state index in [0.717, 1.165) is 25.7 Å². The van der Waals surface area contributed by atoms with Crippen LogP contribution in [0, 0.1) is 6.92 Å². The van der Waals surface area contributed by atoms with E-state index in [1.54, 1.807) is 13.0 Å². The number of pyridine rings is 1. The molecular weight excluding hydrogens is 327 g/mol. The van der Waals surface area contributed by atoms with E-state index in [9.17, 15) is 4.79 Å². The molecule has 6 nitrogen and oxygen atoms in total. The van der Waals surface area contributed by atoms with Gasteiger partial charge in [0.05, 0.1) is 5.02 Å². The Morgan fingerprint density at radius 2 is 2.00 bits per heavy atom. The quantitative estimate of drug-likeness (QED) is 0.867. The molecule has 22 heavy (non-hydrogen) atoms. The minimum Gasteiger partial charge on any atom is -0.340 e. The van der Waals surface area contributed by atoms with Crippen molar-refractivity contribution in [2.24, 2.45) is 0 Å². The van der Waals surface area contributed by atoms with Crippen LogP contribution in [0.2, 0.25) is 10.2 Å². The van der Waals surface area contributed by atoms with Crippen molar-refractivity contribution >= 4 is 29.1 Å². The molecule has 0 atom stereocenters. The number of carbonyl (C=O) groups excluding carboxylic acids is 1. The lowest BCUT2D eigenvalue weighted by atomic mass is 9.96. The smallest absolute Gasteiger partial charge is 0.272 e. The van der Waals surface area contributed by atoms with Gasteiger partial charge in [0.25, 0.3) is 5.91 Å². The summed E-state index contributed by atoms with van der Waals surface area (Å²) in [6, 6.07) is 3.08. The standard InChI is InChI=1S/C14H14Cl2N4O2/c1-8-17-13(20-22-8)14(6-2-3-7-14)19-12(21)11-9(15)4-5-10(16)18-11/h4-5H,2-3,6-7H2,1H3,(H,19,21). The largest absolute Gasteiger partial charge is 0.340 e. The fourth-order valence-corrected chi connectivity index (χ4v) is 3.07. The molecule has 1 saturated carbocycles. The van der Waals surface area contributed by atoms with Crippen LogP contribution in [0.1, 0.15) is 47.9 Å². The Bertz CT molecular complexity index is 711. The molecule has 0 radical (unpaired) electrons. The minimum absolute atomic E-state index is 0.0978. The van der Waals surface area contributed by atoms with Crippen molar-refractivity contribution in [3.05, 3.63) is 39.7 Å². The van der Waals surface area contributed by atoms with Crippen LogP contribution in [0.4, 0.5) is 0 Å². The summed E-state index contributed by atoms with van der Waals surface area (Å²) in [5.41, 5.74) is -0.539. The van der Waals surface area contributed by atoms with Crippen LogP contribution >= 0.6 is 23.2 Å². The lowest BCUT2D eigenvalue weighted by molar-refractivity contribution is 0.0887. The molecule has 1 amide bonds. The van der Waals surface area contributed by atoms with Gasteiger partial charge in [0.1, 0.15) is 16.4 Å². The molecule has 0 bridgehead atoms. The minimum atomic E-state index is -0.637. The van der Waals surface area contributed by atoms with Crippen LogP contribution in [0.25, 0.3) is 0 Å². The van der Waals surface area contributed by atoms with Gasteiger partial charge in [-0.2, -0.15) is 4.98 Å². The fraction of sp³-hybridized carbons (Fsp3) is 0.429. The molecule has 2 heterocycles. The first-order valence-electron chi connectivity index (χ1n) is 6.95. The maximum absolute atomic E-state index is 12.6. The number of nitrogens with one attached hydrogen (secondary N) is 1. The van der Waals surface area contributed by atoms with Crippen LogP contribution in [-0.2, 0) is 5.54 Å². The van der Waals surface area contributed by atoms with Gasteiger partial charge in [-0.3, -0.25) is 4.79 Å². The Labute approximate surface area is 137 Å². The van der Waals surface area contributed by atoms with Crippen LogP contribution < -0.4 is 5.32 Å². The molecule has 0 saturated heterocycles. The Balaban J connectivity index is 1.91. The number of hydrogen-bond acceptors (Lipinski definition) is 5. The summed E-state index contributed by atoms with van der Waals surface area (Å²) in [6.45, 7) is 1.72. The Hall–Kier alpha value is -1.66. The average Bonchev–Trinajstić information content (AvgIpc) is 3.11. The molecule has 8 heteroatoms. The van der Waals surface area contributed by atoms with Crippen LogP contribution in [0.15, 0.2) is 16.7 Å². The van der Waals surface area contributed by atoms with Gasteiger partial charge in [0.2, 0.25) is 5.89 Å². The van der Waals surface area contributed by atoms with Crippen LogP contribution in [-0.4, -0.2) is 21.0 Å². The SMILES string of the molecule is Cc1nc(C2(NC(=O)c3nc(Cl)ccc3Cl)CCCC2)no1. The summed E-state index contributed by atoms with van der Waals surface area (Å²) in [5.74, 6) is 0.570. The molecular formula is C14H14Cl2N4O2. The molecule has 1 aliphatic rings. The van der Waals surface area contributed by atoms with Gasteiger partial charge >= 0.3 is 0 Å². The van der Waals surface area contributed by atoms with E-state index in [4.69, 9.17) is 27.7 Å². The van der Waals surface area contributed by atoms with Gasteiger partial charge in [-0.25, -0.2) is 4.98 Å². The average molecular weight is 341 g/mol. The molecule has 0 aliphatic heterocycles. The van der Waals surface area contributed by atoms with Gasteiger partial charge in [-0.05, 0) is 25.0 Å². The molecule has 0 aromatic carbocycles. The van der Waals surface area contributed by atoms with E-state index in [2.05, 4.69) is 20.4 Å². The van der Waals surface area contributed by atoms with Gasteiger partial charge in [-0.15, -0.1) is 0 Å². The molecule has 3 rings (SSSR count). The lowest BCUT2D eigenvalue weighted by Gasteiger charge is -2.26. The zero-order valence-electron chi connectivity index (χ0n) is 11.9. The summed E-state index contributed by atoms with van der Waals surface area (Å²) >= 11 is 11.9. The summed E-state index contributed by atoms with van der Waals surface area (Å²) in [5, 5.41) is 7.42. The second-order valence-electron chi connectivity index (χ2n) is 5.34. The lowest BCUT2D eigenvalue weighted by Crippen LogP contribution is -2.45. The Morgan fingerprint density at radius 1 is 1.27 bits per heavy atom. The Morgan fingerprint density at radius 3 is 2.64 bits per heavy atom. The number of nitrogens with zero attached hydrogens (tertiary/aromatic N) is 3. The second kappa shape index (κ2) is 5.85. The van der Waals surface area contributed by atoms with E-state index >= 15 is 0 Å². The molecule has 2 aromatic rings. The maximum atomic E-state index is 12.6. The number of aryl methyl sites for hydroxylation is 1. The Kier molecular flexibility index (Phi) is 4.06. The first-order chi connectivity index (χ1) is 10.5. The molecule has 0 spiro atoms. The molecule has 116 valence electrons. The summed E-state index contributed by atoms with van der Waals surface area (Å²) in [7, 11) is 0. The number of halogens is 2. The van der Waals surface area contributed by atoms with Crippen LogP contribution in [0.5, 0.6) is 0 Å². The molecule has 1 aliphatic carbocycles. The third kappa shape index (κ3) is 2.80. The fourth-order valence-electron chi connectivity index (χ4n) is 2.73. The topological polar surface area (TPSA) is 80.9 Å². The van der Waals surface area contributed by atoms with E-state index < -0.39 is 11.4 Å². The number of carbonyl (C=O) groups is 1. The van der Waals surface area contributed by atoms with Crippen molar-refractivity contribution in [1.82, 2.24) is 20.4 Å². The number of amides is 1. The third-order valence-electron chi connectivity index (χ3n) is 3.79.